The number of benzene rings is 1. The first kappa shape index (κ1) is 19.7. The van der Waals surface area contributed by atoms with Crippen LogP contribution in [0.4, 0.5) is 5.69 Å². The lowest BCUT2D eigenvalue weighted by molar-refractivity contribution is -0.123. The Kier molecular flexibility index (Phi) is 6.43. The van der Waals surface area contributed by atoms with Gasteiger partial charge in [-0.25, -0.2) is 0 Å². The van der Waals surface area contributed by atoms with Gasteiger partial charge < -0.3 is 20.7 Å². The van der Waals surface area contributed by atoms with E-state index in [0.717, 1.165) is 6.42 Å². The van der Waals surface area contributed by atoms with E-state index in [4.69, 9.17) is 16.3 Å². The van der Waals surface area contributed by atoms with Crippen LogP contribution in [0.2, 0.25) is 5.02 Å². The summed E-state index contributed by atoms with van der Waals surface area (Å²) in [7, 11) is 0. The quantitative estimate of drug-likeness (QED) is 0.747. The Morgan fingerprint density at radius 1 is 1.40 bits per heavy atom. The summed E-state index contributed by atoms with van der Waals surface area (Å²) in [4.78, 5) is 24.7. The van der Waals surface area contributed by atoms with Gasteiger partial charge >= 0.3 is 0 Å². The van der Waals surface area contributed by atoms with Crippen LogP contribution in [-0.2, 0) is 9.53 Å². The van der Waals surface area contributed by atoms with E-state index in [2.05, 4.69) is 16.0 Å². The van der Waals surface area contributed by atoms with Gasteiger partial charge in [0.1, 0.15) is 6.04 Å². The first-order valence-corrected chi connectivity index (χ1v) is 8.89. The van der Waals surface area contributed by atoms with Crippen LogP contribution in [0.3, 0.4) is 0 Å². The largest absolute Gasteiger partial charge is 0.375 e. The zero-order valence-corrected chi connectivity index (χ0v) is 15.9. The molecule has 1 aliphatic heterocycles. The molecular weight excluding hydrogens is 342 g/mol. The third-order valence-electron chi connectivity index (χ3n) is 4.42. The maximum atomic E-state index is 12.4. The molecule has 0 aromatic heterocycles. The highest BCUT2D eigenvalue weighted by Gasteiger charge is 2.28. The van der Waals surface area contributed by atoms with E-state index in [0.29, 0.717) is 29.4 Å². The van der Waals surface area contributed by atoms with Gasteiger partial charge in [0, 0.05) is 17.8 Å². The number of halogens is 1. The molecule has 1 saturated heterocycles. The SMILES string of the molecule is CCC(C)(C)NC(=O)c1ccc(NC(=O)[C@H]2NCCO[C@@H]2C)cc1Cl. The average Bonchev–Trinajstić information content (AvgIpc) is 2.54. The van der Waals surface area contributed by atoms with E-state index in [1.54, 1.807) is 18.2 Å². The normalized spacial score (nSPS) is 20.8. The van der Waals surface area contributed by atoms with Crippen LogP contribution in [0.1, 0.15) is 44.5 Å². The zero-order chi connectivity index (χ0) is 18.6. The summed E-state index contributed by atoms with van der Waals surface area (Å²) in [5.74, 6) is -0.418. The fourth-order valence-corrected chi connectivity index (χ4v) is 2.75. The van der Waals surface area contributed by atoms with Crippen molar-refractivity contribution in [3.8, 4) is 0 Å². The number of morpholine rings is 1. The average molecular weight is 368 g/mol. The molecule has 2 atom stereocenters. The Bertz CT molecular complexity index is 648. The monoisotopic (exact) mass is 367 g/mol. The van der Waals surface area contributed by atoms with Gasteiger partial charge in [-0.1, -0.05) is 18.5 Å². The van der Waals surface area contributed by atoms with Crippen molar-refractivity contribution in [2.24, 2.45) is 0 Å². The van der Waals surface area contributed by atoms with Crippen molar-refractivity contribution in [2.45, 2.75) is 51.8 Å². The summed E-state index contributed by atoms with van der Waals surface area (Å²) in [6, 6.07) is 4.46. The third kappa shape index (κ3) is 5.17. The Hall–Kier alpha value is -1.63. The van der Waals surface area contributed by atoms with Crippen LogP contribution >= 0.6 is 11.6 Å². The maximum Gasteiger partial charge on any atom is 0.253 e. The number of rotatable bonds is 5. The van der Waals surface area contributed by atoms with Crippen LogP contribution < -0.4 is 16.0 Å². The summed E-state index contributed by atoms with van der Waals surface area (Å²) in [5.41, 5.74) is 0.616. The maximum absolute atomic E-state index is 12.4. The third-order valence-corrected chi connectivity index (χ3v) is 4.73. The molecular formula is C18H26ClN3O3. The van der Waals surface area contributed by atoms with Gasteiger partial charge in [-0.05, 0) is 45.4 Å². The van der Waals surface area contributed by atoms with Crippen molar-refractivity contribution >= 4 is 29.1 Å². The molecule has 1 heterocycles. The van der Waals surface area contributed by atoms with Crippen LogP contribution in [0.5, 0.6) is 0 Å². The van der Waals surface area contributed by atoms with E-state index in [9.17, 15) is 9.59 Å². The Morgan fingerprint density at radius 2 is 2.12 bits per heavy atom. The molecule has 1 aromatic carbocycles. The molecule has 0 spiro atoms. The molecule has 1 aliphatic rings. The summed E-state index contributed by atoms with van der Waals surface area (Å²) < 4.78 is 5.48. The van der Waals surface area contributed by atoms with E-state index in [1.165, 1.54) is 0 Å². The summed E-state index contributed by atoms with van der Waals surface area (Å²) in [6.45, 7) is 8.99. The first-order chi connectivity index (χ1) is 11.7. The van der Waals surface area contributed by atoms with Crippen LogP contribution in [0.15, 0.2) is 18.2 Å². The molecule has 2 amide bonds. The topological polar surface area (TPSA) is 79.5 Å². The van der Waals surface area contributed by atoms with Gasteiger partial charge in [0.05, 0.1) is 23.3 Å². The lowest BCUT2D eigenvalue weighted by Crippen LogP contribution is -2.53. The molecule has 6 nitrogen and oxygen atoms in total. The van der Waals surface area contributed by atoms with Crippen molar-refractivity contribution in [1.82, 2.24) is 10.6 Å². The van der Waals surface area contributed by atoms with E-state index in [1.807, 2.05) is 27.7 Å². The van der Waals surface area contributed by atoms with Crippen LogP contribution in [0.25, 0.3) is 0 Å². The number of hydrogen-bond acceptors (Lipinski definition) is 4. The minimum atomic E-state index is -0.416. The van der Waals surface area contributed by atoms with Crippen LogP contribution in [-0.4, -0.2) is 42.7 Å². The highest BCUT2D eigenvalue weighted by Crippen LogP contribution is 2.22. The van der Waals surface area contributed by atoms with Gasteiger partial charge in [0.25, 0.3) is 5.91 Å². The summed E-state index contributed by atoms with van der Waals surface area (Å²) >= 11 is 6.24. The second-order valence-electron chi connectivity index (χ2n) is 6.88. The molecule has 1 fully saturated rings. The van der Waals surface area contributed by atoms with Crippen molar-refractivity contribution in [3.63, 3.8) is 0 Å². The lowest BCUT2D eigenvalue weighted by Gasteiger charge is -2.29. The van der Waals surface area contributed by atoms with E-state index in [-0.39, 0.29) is 23.5 Å². The molecule has 0 unspecified atom stereocenters. The second kappa shape index (κ2) is 8.17. The molecule has 0 aliphatic carbocycles. The van der Waals surface area contributed by atoms with Crippen molar-refractivity contribution in [3.05, 3.63) is 28.8 Å². The van der Waals surface area contributed by atoms with Gasteiger partial charge in [0.2, 0.25) is 5.91 Å². The highest BCUT2D eigenvalue weighted by molar-refractivity contribution is 6.34. The van der Waals surface area contributed by atoms with E-state index < -0.39 is 6.04 Å². The number of nitrogens with one attached hydrogen (secondary N) is 3. The molecule has 25 heavy (non-hydrogen) atoms. The fourth-order valence-electron chi connectivity index (χ4n) is 2.49. The number of hydrogen-bond donors (Lipinski definition) is 3. The Labute approximate surface area is 153 Å². The fraction of sp³-hybridized carbons (Fsp3) is 0.556. The van der Waals surface area contributed by atoms with Crippen molar-refractivity contribution < 1.29 is 14.3 Å². The number of carbonyl (C=O) groups excluding carboxylic acids is 2. The smallest absolute Gasteiger partial charge is 0.253 e. The summed E-state index contributed by atoms with van der Waals surface area (Å²) in [6.07, 6.45) is 0.602. The van der Waals surface area contributed by atoms with Crippen molar-refractivity contribution in [2.75, 3.05) is 18.5 Å². The minimum absolute atomic E-state index is 0.187. The Morgan fingerprint density at radius 3 is 2.72 bits per heavy atom. The second-order valence-corrected chi connectivity index (χ2v) is 7.29. The highest BCUT2D eigenvalue weighted by atomic mass is 35.5. The zero-order valence-electron chi connectivity index (χ0n) is 15.1. The Balaban J connectivity index is 2.06. The molecule has 0 radical (unpaired) electrons. The standard InChI is InChI=1S/C18H26ClN3O3/c1-5-18(3,4)22-16(23)13-7-6-12(10-14(13)19)21-17(24)15-11(2)25-9-8-20-15/h6-7,10-11,15,20H,5,8-9H2,1-4H3,(H,21,24)(H,22,23)/t11-,15+/m1/s1. The van der Waals surface area contributed by atoms with Crippen molar-refractivity contribution in [1.29, 1.82) is 0 Å². The van der Waals surface area contributed by atoms with Crippen LogP contribution in [0, 0.1) is 0 Å². The predicted molar refractivity (Wildman–Crippen MR) is 99.1 cm³/mol. The van der Waals surface area contributed by atoms with Gasteiger partial charge in [0.15, 0.2) is 0 Å². The number of amides is 2. The molecule has 2 rings (SSSR count). The molecule has 0 saturated carbocycles. The molecule has 1 aromatic rings. The minimum Gasteiger partial charge on any atom is -0.375 e. The first-order valence-electron chi connectivity index (χ1n) is 8.51. The number of ether oxygens (including phenoxy) is 1. The number of anilines is 1. The summed E-state index contributed by atoms with van der Waals surface area (Å²) in [5, 5.41) is 9.18. The molecule has 7 heteroatoms. The number of carbonyl (C=O) groups is 2. The molecule has 138 valence electrons. The van der Waals surface area contributed by atoms with E-state index >= 15 is 0 Å². The van der Waals surface area contributed by atoms with Gasteiger partial charge in [-0.15, -0.1) is 0 Å². The van der Waals surface area contributed by atoms with Gasteiger partial charge in [-0.2, -0.15) is 0 Å². The molecule has 0 bridgehead atoms. The molecule has 3 N–H and O–H groups in total. The lowest BCUT2D eigenvalue weighted by atomic mass is 10.0. The predicted octanol–water partition coefficient (Wildman–Crippen LogP) is 2.57. The van der Waals surface area contributed by atoms with Gasteiger partial charge in [-0.3, -0.25) is 9.59 Å².